The smallest absolute Gasteiger partial charge is 0.872 e. The Morgan fingerprint density at radius 1 is 0.640 bits per heavy atom. The minimum absolute atomic E-state index is 0. The molecule has 0 aliphatic rings. The minimum Gasteiger partial charge on any atom is -0.872 e. The molecule has 0 radical (unpaired) electrons. The fourth-order valence-electron chi connectivity index (χ4n) is 1.34. The largest absolute Gasteiger partial charge is 3.00 e. The van der Waals surface area contributed by atoms with E-state index in [9.17, 15) is 5.11 Å². The van der Waals surface area contributed by atoms with Crippen LogP contribution in [0.25, 0.3) is 0 Å². The molecule has 7 heteroatoms. The molecule has 2 N–H and O–H groups in total. The van der Waals surface area contributed by atoms with Gasteiger partial charge in [0.25, 0.3) is 0 Å². The zero-order chi connectivity index (χ0) is 17.9. The average molecular weight is 540 g/mol. The Hall–Kier alpha value is -0.890. The summed E-state index contributed by atoms with van der Waals surface area (Å²) in [7, 11) is 0. The molecule has 0 amide bonds. The summed E-state index contributed by atoms with van der Waals surface area (Å²) in [5.41, 5.74) is 0. The number of phenolic OH excluding ortho intramolecular Hbond substituents is 2. The molecule has 3 rings (SSSR count). The van der Waals surface area contributed by atoms with Crippen molar-refractivity contribution in [3.05, 3.63) is 72.8 Å². The van der Waals surface area contributed by atoms with E-state index in [4.69, 9.17) is 35.5 Å². The Bertz CT molecular complexity index is 552. The molecular weight excluding hydrogens is 525 g/mol. The number of phenols is 2. The van der Waals surface area contributed by atoms with Gasteiger partial charge in [0, 0.05) is 4.90 Å². The molecule has 134 valence electrons. The molecule has 3 aromatic rings. The maximum Gasteiger partial charge on any atom is 3.00 e. The van der Waals surface area contributed by atoms with Crippen LogP contribution >= 0.6 is 12.6 Å². The quantitative estimate of drug-likeness (QED) is 0.231. The van der Waals surface area contributed by atoms with Crippen LogP contribution in [0.3, 0.4) is 0 Å². The van der Waals surface area contributed by atoms with E-state index in [-0.39, 0.29) is 55.0 Å². The summed E-state index contributed by atoms with van der Waals surface area (Å²) in [4.78, 5) is 2.33. The van der Waals surface area contributed by atoms with Crippen LogP contribution in [0.5, 0.6) is 17.2 Å². The van der Waals surface area contributed by atoms with Crippen LogP contribution in [0, 0.1) is 37.7 Å². The predicted molar refractivity (Wildman–Crippen MR) is 101 cm³/mol. The number of hydrogen-bond acceptors (Lipinski definition) is 6. The monoisotopic (exact) mass is 540 g/mol. The summed E-state index contributed by atoms with van der Waals surface area (Å²) < 4.78 is 0. The first kappa shape index (κ1) is 24.1. The van der Waals surface area contributed by atoms with Gasteiger partial charge in [0.1, 0.15) is 11.5 Å². The van der Waals surface area contributed by atoms with E-state index in [2.05, 4.69) is 12.6 Å². The fraction of sp³-hybridized carbons (Fsp3) is 0. The Balaban J connectivity index is 0.000000339. The van der Waals surface area contributed by atoms with Gasteiger partial charge in [-0.25, -0.2) is 0 Å². The van der Waals surface area contributed by atoms with Crippen molar-refractivity contribution in [2.75, 3.05) is 0 Å². The van der Waals surface area contributed by atoms with Crippen LogP contribution < -0.4 is 5.11 Å². The average Bonchev–Trinajstić information content (AvgIpc) is 2.57. The van der Waals surface area contributed by atoms with Gasteiger partial charge in [-0.1, -0.05) is 36.4 Å². The topological polar surface area (TPSA) is 63.5 Å². The van der Waals surface area contributed by atoms with Gasteiger partial charge in [0.15, 0.2) is 0 Å². The number of thiol groups is 1. The van der Waals surface area contributed by atoms with Gasteiger partial charge >= 0.3 is 37.7 Å². The molecule has 0 fully saturated rings. The first-order valence-corrected chi connectivity index (χ1v) is 8.01. The standard InChI is InChI=1S/3C6H6OS.Ho/c3*7-5-1-3-6(8)4-2-5;/h3*1-4,7-8H;/q;;;+3/p-3. The van der Waals surface area contributed by atoms with Gasteiger partial charge in [-0.3, -0.25) is 0 Å². The molecule has 0 aliphatic carbocycles. The van der Waals surface area contributed by atoms with Gasteiger partial charge < -0.3 is 40.6 Å². The first-order chi connectivity index (χ1) is 11.4. The van der Waals surface area contributed by atoms with Gasteiger partial charge in [-0.05, 0) is 36.4 Å². The minimum atomic E-state index is 0. The maximum atomic E-state index is 10.4. The number of rotatable bonds is 0. The van der Waals surface area contributed by atoms with Crippen molar-refractivity contribution in [1.82, 2.24) is 0 Å². The zero-order valence-corrected chi connectivity index (χ0v) is 17.3. The van der Waals surface area contributed by atoms with Crippen LogP contribution in [-0.2, 0) is 25.3 Å². The van der Waals surface area contributed by atoms with Crippen LogP contribution in [0.15, 0.2) is 87.5 Å². The maximum absolute atomic E-state index is 10.4. The van der Waals surface area contributed by atoms with E-state index < -0.39 is 0 Å². The normalized spacial score (nSPS) is 8.68. The second-order valence-electron chi connectivity index (χ2n) is 4.48. The predicted octanol–water partition coefficient (Wildman–Crippen LogP) is 3.64. The van der Waals surface area contributed by atoms with Crippen molar-refractivity contribution in [2.45, 2.75) is 14.7 Å². The summed E-state index contributed by atoms with van der Waals surface area (Å²) in [6, 6.07) is 19.3. The van der Waals surface area contributed by atoms with Crippen molar-refractivity contribution < 1.29 is 53.1 Å². The molecule has 0 unspecified atom stereocenters. The van der Waals surface area contributed by atoms with Gasteiger partial charge in [-0.15, -0.1) is 18.4 Å². The van der Waals surface area contributed by atoms with E-state index in [1.807, 2.05) is 0 Å². The molecular formula is C18H15HoO3S3. The molecule has 3 nitrogen and oxygen atoms in total. The number of aromatic hydroxyl groups is 2. The van der Waals surface area contributed by atoms with Crippen LogP contribution in [0.1, 0.15) is 0 Å². The Morgan fingerprint density at radius 3 is 1.24 bits per heavy atom. The molecule has 0 spiro atoms. The third-order valence-electron chi connectivity index (χ3n) is 2.51. The van der Waals surface area contributed by atoms with Crippen molar-refractivity contribution >= 4 is 37.9 Å². The van der Waals surface area contributed by atoms with Crippen molar-refractivity contribution in [2.24, 2.45) is 0 Å². The molecule has 0 atom stereocenters. The Kier molecular flexibility index (Phi) is 12.9. The molecule has 0 aliphatic heterocycles. The Labute approximate surface area is 194 Å². The molecule has 0 aromatic heterocycles. The third kappa shape index (κ3) is 12.2. The zero-order valence-electron chi connectivity index (χ0n) is 12.8. The Morgan fingerprint density at radius 2 is 0.960 bits per heavy atom. The first-order valence-electron chi connectivity index (χ1n) is 6.75. The second kappa shape index (κ2) is 13.3. The van der Waals surface area contributed by atoms with Crippen molar-refractivity contribution in [3.8, 4) is 17.2 Å². The van der Waals surface area contributed by atoms with Crippen molar-refractivity contribution in [1.29, 1.82) is 0 Å². The molecule has 3 aromatic carbocycles. The summed E-state index contributed by atoms with van der Waals surface area (Å²) in [5, 5.41) is 27.8. The molecule has 0 bridgehead atoms. The SMILES string of the molecule is Oc1ccc(S)cc1.Oc1ccc([S-])cc1.[Ho+3].[O-]c1ccc([S-])cc1. The fourth-order valence-corrected chi connectivity index (χ4v) is 1.76. The van der Waals surface area contributed by atoms with E-state index >= 15 is 0 Å². The van der Waals surface area contributed by atoms with Gasteiger partial charge in [0.2, 0.25) is 0 Å². The van der Waals surface area contributed by atoms with E-state index in [0.717, 1.165) is 9.79 Å². The van der Waals surface area contributed by atoms with E-state index in [0.29, 0.717) is 4.90 Å². The van der Waals surface area contributed by atoms with Gasteiger partial charge in [-0.2, -0.15) is 9.79 Å². The molecule has 0 saturated carbocycles. The summed E-state index contributed by atoms with van der Waals surface area (Å²) in [5.74, 6) is 0.556. The number of benzene rings is 3. The van der Waals surface area contributed by atoms with E-state index in [1.54, 1.807) is 60.7 Å². The van der Waals surface area contributed by atoms with Crippen LogP contribution in [-0.4, -0.2) is 10.2 Å². The summed E-state index contributed by atoms with van der Waals surface area (Å²) in [6.07, 6.45) is 0. The summed E-state index contributed by atoms with van der Waals surface area (Å²) in [6.45, 7) is 0. The molecule has 0 saturated heterocycles. The van der Waals surface area contributed by atoms with Crippen LogP contribution in [0.2, 0.25) is 0 Å². The number of hydrogen-bond donors (Lipinski definition) is 3. The molecule has 25 heavy (non-hydrogen) atoms. The van der Waals surface area contributed by atoms with Crippen LogP contribution in [0.4, 0.5) is 0 Å². The summed E-state index contributed by atoms with van der Waals surface area (Å²) >= 11 is 13.5. The van der Waals surface area contributed by atoms with E-state index in [1.165, 1.54) is 12.1 Å². The van der Waals surface area contributed by atoms with Gasteiger partial charge in [0.05, 0.1) is 0 Å². The third-order valence-corrected chi connectivity index (χ3v) is 3.35. The molecule has 0 heterocycles. The second-order valence-corrected chi connectivity index (χ2v) is 5.94. The van der Waals surface area contributed by atoms with Crippen molar-refractivity contribution in [3.63, 3.8) is 0 Å².